The Hall–Kier alpha value is -3.01. The van der Waals surface area contributed by atoms with Crippen molar-refractivity contribution in [3.63, 3.8) is 0 Å². The van der Waals surface area contributed by atoms with E-state index in [0.717, 1.165) is 19.3 Å². The summed E-state index contributed by atoms with van der Waals surface area (Å²) in [7, 11) is 0. The van der Waals surface area contributed by atoms with E-state index in [2.05, 4.69) is 23.5 Å². The zero-order valence-electron chi connectivity index (χ0n) is 23.3. The van der Waals surface area contributed by atoms with Gasteiger partial charge in [-0.1, -0.05) is 64.7 Å². The summed E-state index contributed by atoms with van der Waals surface area (Å²) in [6, 6.07) is 5.06. The molecular weight excluding hydrogens is 454 g/mol. The predicted octanol–water partition coefficient (Wildman–Crippen LogP) is 5.19. The summed E-state index contributed by atoms with van der Waals surface area (Å²) in [4.78, 5) is 41.9. The lowest BCUT2D eigenvalue weighted by Gasteiger charge is -2.39. The third-order valence-electron chi connectivity index (χ3n) is 5.94. The van der Waals surface area contributed by atoms with E-state index in [1.54, 1.807) is 37.8 Å². The number of ether oxygens (including phenoxy) is 1. The molecule has 0 fully saturated rings. The SMILES string of the molecule is C#Cc1ccccc1C(C(=O)NCCCCC)N(C(=O)C(NC(=O)OC(C)(C)C)C(C)C)C(C)CC. The number of rotatable bonds is 12. The Labute approximate surface area is 217 Å². The zero-order valence-corrected chi connectivity index (χ0v) is 23.3. The first-order valence-corrected chi connectivity index (χ1v) is 13.0. The highest BCUT2D eigenvalue weighted by Crippen LogP contribution is 2.29. The molecule has 1 rings (SSSR count). The second-order valence-electron chi connectivity index (χ2n) is 10.5. The van der Waals surface area contributed by atoms with Crippen molar-refractivity contribution in [2.24, 2.45) is 5.92 Å². The van der Waals surface area contributed by atoms with Gasteiger partial charge in [0.15, 0.2) is 0 Å². The normalized spacial score (nSPS) is 13.8. The van der Waals surface area contributed by atoms with Crippen LogP contribution < -0.4 is 10.6 Å². The summed E-state index contributed by atoms with van der Waals surface area (Å²) in [6.45, 7) is 15.5. The van der Waals surface area contributed by atoms with Gasteiger partial charge in [0.05, 0.1) is 0 Å². The lowest BCUT2D eigenvalue weighted by molar-refractivity contribution is -0.146. The van der Waals surface area contributed by atoms with Crippen molar-refractivity contribution in [3.05, 3.63) is 35.4 Å². The maximum Gasteiger partial charge on any atom is 0.408 e. The molecule has 3 atom stereocenters. The lowest BCUT2D eigenvalue weighted by Crippen LogP contribution is -2.57. The fraction of sp³-hybridized carbons (Fsp3) is 0.621. The van der Waals surface area contributed by atoms with E-state index in [1.165, 1.54) is 0 Å². The topological polar surface area (TPSA) is 87.7 Å². The first-order chi connectivity index (χ1) is 16.9. The Bertz CT molecular complexity index is 914. The minimum absolute atomic E-state index is 0.243. The molecule has 2 N–H and O–H groups in total. The van der Waals surface area contributed by atoms with Crippen molar-refractivity contribution in [1.82, 2.24) is 15.5 Å². The number of nitrogens with one attached hydrogen (secondary N) is 2. The number of carbonyl (C=O) groups is 3. The number of hydrogen-bond acceptors (Lipinski definition) is 4. The smallest absolute Gasteiger partial charge is 0.408 e. The van der Waals surface area contributed by atoms with Gasteiger partial charge < -0.3 is 20.3 Å². The molecule has 0 aliphatic carbocycles. The number of nitrogens with zero attached hydrogens (tertiary/aromatic N) is 1. The number of hydrogen-bond donors (Lipinski definition) is 2. The number of terminal acetylenes is 1. The number of carbonyl (C=O) groups excluding carboxylic acids is 3. The van der Waals surface area contributed by atoms with E-state index >= 15 is 0 Å². The Morgan fingerprint density at radius 3 is 2.25 bits per heavy atom. The molecule has 7 heteroatoms. The van der Waals surface area contributed by atoms with Crippen molar-refractivity contribution in [2.45, 2.75) is 105 Å². The summed E-state index contributed by atoms with van der Waals surface area (Å²) in [5, 5.41) is 5.75. The van der Waals surface area contributed by atoms with Gasteiger partial charge in [0.2, 0.25) is 11.8 Å². The molecule has 3 unspecified atom stereocenters. The van der Waals surface area contributed by atoms with Gasteiger partial charge in [-0.25, -0.2) is 4.79 Å². The summed E-state index contributed by atoms with van der Waals surface area (Å²) >= 11 is 0. The van der Waals surface area contributed by atoms with Crippen LogP contribution in [-0.2, 0) is 14.3 Å². The Morgan fingerprint density at radius 1 is 1.08 bits per heavy atom. The molecule has 7 nitrogen and oxygen atoms in total. The fourth-order valence-electron chi connectivity index (χ4n) is 3.87. The number of benzene rings is 1. The molecule has 0 saturated carbocycles. The highest BCUT2D eigenvalue weighted by molar-refractivity contribution is 5.93. The van der Waals surface area contributed by atoms with Crippen LogP contribution in [-0.4, -0.2) is 47.0 Å². The molecule has 1 aromatic carbocycles. The molecule has 0 heterocycles. The van der Waals surface area contributed by atoms with Crippen molar-refractivity contribution < 1.29 is 19.1 Å². The molecule has 0 aliphatic rings. The molecule has 36 heavy (non-hydrogen) atoms. The number of alkyl carbamates (subject to hydrolysis) is 1. The van der Waals surface area contributed by atoms with Crippen LogP contribution in [0.15, 0.2) is 24.3 Å². The van der Waals surface area contributed by atoms with Gasteiger partial charge in [-0.05, 0) is 58.1 Å². The number of amides is 3. The van der Waals surface area contributed by atoms with Crippen molar-refractivity contribution in [2.75, 3.05) is 6.54 Å². The van der Waals surface area contributed by atoms with Crippen LogP contribution in [0, 0.1) is 18.3 Å². The van der Waals surface area contributed by atoms with E-state index in [1.807, 2.05) is 39.8 Å². The van der Waals surface area contributed by atoms with Gasteiger partial charge >= 0.3 is 6.09 Å². The zero-order chi connectivity index (χ0) is 27.5. The monoisotopic (exact) mass is 499 g/mol. The van der Waals surface area contributed by atoms with Gasteiger partial charge in [-0.15, -0.1) is 6.42 Å². The highest BCUT2D eigenvalue weighted by atomic mass is 16.6. The molecule has 0 radical (unpaired) electrons. The van der Waals surface area contributed by atoms with Crippen LogP contribution in [0.25, 0.3) is 0 Å². The average Bonchev–Trinajstić information content (AvgIpc) is 2.81. The molecule has 200 valence electrons. The van der Waals surface area contributed by atoms with E-state index < -0.39 is 23.8 Å². The third-order valence-corrected chi connectivity index (χ3v) is 5.94. The molecule has 1 aromatic rings. The van der Waals surface area contributed by atoms with Gasteiger partial charge in [0.1, 0.15) is 17.7 Å². The largest absolute Gasteiger partial charge is 0.444 e. The van der Waals surface area contributed by atoms with Crippen LogP contribution in [0.1, 0.15) is 98.2 Å². The maximum atomic E-state index is 14.1. The van der Waals surface area contributed by atoms with Crippen LogP contribution in [0.4, 0.5) is 4.79 Å². The highest BCUT2D eigenvalue weighted by Gasteiger charge is 2.40. The minimum Gasteiger partial charge on any atom is -0.444 e. The van der Waals surface area contributed by atoms with Crippen LogP contribution in [0.2, 0.25) is 0 Å². The predicted molar refractivity (Wildman–Crippen MR) is 144 cm³/mol. The van der Waals surface area contributed by atoms with Gasteiger partial charge in [-0.2, -0.15) is 0 Å². The second kappa shape index (κ2) is 14.5. The molecule has 0 spiro atoms. The van der Waals surface area contributed by atoms with Gasteiger partial charge in [-0.3, -0.25) is 9.59 Å². The molecule has 3 amide bonds. The van der Waals surface area contributed by atoms with E-state index in [4.69, 9.17) is 11.2 Å². The molecule has 0 aromatic heterocycles. The minimum atomic E-state index is -0.942. The maximum absolute atomic E-state index is 14.1. The summed E-state index contributed by atoms with van der Waals surface area (Å²) in [6.07, 6.45) is 8.59. The van der Waals surface area contributed by atoms with Crippen LogP contribution in [0.5, 0.6) is 0 Å². The summed E-state index contributed by atoms with van der Waals surface area (Å²) in [5.74, 6) is 1.77. The first kappa shape index (κ1) is 31.0. The molecule has 0 saturated heterocycles. The second-order valence-corrected chi connectivity index (χ2v) is 10.5. The first-order valence-electron chi connectivity index (χ1n) is 13.0. The molecular formula is C29H45N3O4. The standard InChI is InChI=1S/C29H45N3O4/c1-10-13-16-19-30-26(33)25(23-18-15-14-17-22(23)12-3)32(21(6)11-2)27(34)24(20(4)5)31-28(35)36-29(7,8)9/h3,14-15,17-18,20-21,24-25H,10-11,13,16,19H2,1-2,4-9H3,(H,30,33)(H,31,35). The van der Waals surface area contributed by atoms with Crippen LogP contribution in [0.3, 0.4) is 0 Å². The third kappa shape index (κ3) is 9.22. The van der Waals surface area contributed by atoms with Gasteiger partial charge in [0, 0.05) is 18.2 Å². The van der Waals surface area contributed by atoms with E-state index in [9.17, 15) is 14.4 Å². The fourth-order valence-corrected chi connectivity index (χ4v) is 3.87. The Balaban J connectivity index is 3.52. The molecule has 0 aliphatic heterocycles. The Morgan fingerprint density at radius 2 is 1.72 bits per heavy atom. The Kier molecular flexibility index (Phi) is 12.5. The summed E-state index contributed by atoms with van der Waals surface area (Å²) in [5.41, 5.74) is 0.424. The van der Waals surface area contributed by atoms with E-state index in [-0.39, 0.29) is 23.8 Å². The van der Waals surface area contributed by atoms with Crippen LogP contribution >= 0.6 is 0 Å². The van der Waals surface area contributed by atoms with Crippen molar-refractivity contribution in [3.8, 4) is 12.3 Å². The van der Waals surface area contributed by atoms with E-state index in [0.29, 0.717) is 24.1 Å². The van der Waals surface area contributed by atoms with Gasteiger partial charge in [0.25, 0.3) is 0 Å². The van der Waals surface area contributed by atoms with Crippen molar-refractivity contribution in [1.29, 1.82) is 0 Å². The number of unbranched alkanes of at least 4 members (excludes halogenated alkanes) is 2. The average molecular weight is 500 g/mol. The quantitative estimate of drug-likeness (QED) is 0.306. The van der Waals surface area contributed by atoms with Crippen molar-refractivity contribution >= 4 is 17.9 Å². The molecule has 0 bridgehead atoms. The summed E-state index contributed by atoms with van der Waals surface area (Å²) < 4.78 is 5.41. The lowest BCUT2D eigenvalue weighted by atomic mass is 9.94.